The van der Waals surface area contributed by atoms with Crippen molar-refractivity contribution in [1.82, 2.24) is 0 Å². The third-order valence-electron chi connectivity index (χ3n) is 7.02. The summed E-state index contributed by atoms with van der Waals surface area (Å²) in [6.07, 6.45) is 25.9. The quantitative estimate of drug-likeness (QED) is 0.0599. The van der Waals surface area contributed by atoms with Gasteiger partial charge in [-0.3, -0.25) is 9.59 Å². The summed E-state index contributed by atoms with van der Waals surface area (Å²) < 4.78 is 0. The van der Waals surface area contributed by atoms with Crippen LogP contribution in [0.3, 0.4) is 0 Å². The van der Waals surface area contributed by atoms with Gasteiger partial charge in [0.05, 0.1) is 0 Å². The molecule has 0 aliphatic rings. The van der Waals surface area contributed by atoms with E-state index in [0.29, 0.717) is 11.1 Å². The minimum Gasteiger partial charge on any atom is -0.276 e. The number of hydrogen-bond acceptors (Lipinski definition) is 4. The molecule has 0 bridgehead atoms. The summed E-state index contributed by atoms with van der Waals surface area (Å²) in [5, 5.41) is -0.935. The summed E-state index contributed by atoms with van der Waals surface area (Å²) in [5.41, 5.74) is 0.993. The summed E-state index contributed by atoms with van der Waals surface area (Å²) in [6, 6.07) is 3.57. The molecule has 0 saturated heterocycles. The van der Waals surface area contributed by atoms with Gasteiger partial charge in [0.15, 0.2) is 0 Å². The molecule has 1 rings (SSSR count). The van der Waals surface area contributed by atoms with Crippen LogP contribution in [-0.4, -0.2) is 22.0 Å². The van der Waals surface area contributed by atoms with E-state index < -0.39 is 10.5 Å². The fraction of sp³-hybridized carbons (Fsp3) is 0.750. The Labute approximate surface area is 252 Å². The minimum atomic E-state index is -0.468. The first kappa shape index (κ1) is 35.9. The van der Waals surface area contributed by atoms with E-state index in [0.717, 1.165) is 34.1 Å². The van der Waals surface area contributed by atoms with Crippen molar-refractivity contribution in [3.05, 3.63) is 23.3 Å². The van der Waals surface area contributed by atoms with Crippen molar-refractivity contribution in [2.24, 2.45) is 0 Å². The second-order valence-electron chi connectivity index (χ2n) is 10.5. The summed E-state index contributed by atoms with van der Waals surface area (Å²) in [4.78, 5) is 25.9. The monoisotopic (exact) mass is 602 g/mol. The molecule has 0 unspecified atom stereocenters. The van der Waals surface area contributed by atoms with E-state index in [2.05, 4.69) is 13.8 Å². The SMILES string of the molecule is CCCCCCCCCCCCSc1cc(C(=O)Cl)c(SCCCCCCCCCCCC)cc1C(=O)Cl. The van der Waals surface area contributed by atoms with Crippen molar-refractivity contribution in [2.75, 3.05) is 11.5 Å². The van der Waals surface area contributed by atoms with E-state index in [-0.39, 0.29) is 0 Å². The van der Waals surface area contributed by atoms with Crippen LogP contribution in [0.15, 0.2) is 21.9 Å². The van der Waals surface area contributed by atoms with E-state index in [1.54, 1.807) is 35.7 Å². The Morgan fingerprint density at radius 2 is 0.763 bits per heavy atom. The zero-order chi connectivity index (χ0) is 27.8. The van der Waals surface area contributed by atoms with Crippen LogP contribution in [0.1, 0.15) is 163 Å². The topological polar surface area (TPSA) is 34.1 Å². The number of halogens is 2. The zero-order valence-corrected chi connectivity index (χ0v) is 27.2. The molecule has 0 N–H and O–H groups in total. The Bertz CT molecular complexity index is 706. The highest BCUT2D eigenvalue weighted by Crippen LogP contribution is 2.34. The smallest absolute Gasteiger partial charge is 0.253 e. The van der Waals surface area contributed by atoms with Crippen molar-refractivity contribution >= 4 is 57.2 Å². The summed E-state index contributed by atoms with van der Waals surface area (Å²) in [5.74, 6) is 1.82. The Kier molecular flexibility index (Phi) is 23.2. The molecule has 0 atom stereocenters. The van der Waals surface area contributed by atoms with Gasteiger partial charge in [0.25, 0.3) is 10.5 Å². The molecule has 38 heavy (non-hydrogen) atoms. The van der Waals surface area contributed by atoms with Crippen molar-refractivity contribution in [1.29, 1.82) is 0 Å². The van der Waals surface area contributed by atoms with Crippen molar-refractivity contribution in [3.63, 3.8) is 0 Å². The molecule has 0 aliphatic heterocycles. The molecule has 1 aromatic rings. The Hall–Kier alpha value is -0.160. The van der Waals surface area contributed by atoms with Gasteiger partial charge in [0.2, 0.25) is 0 Å². The second kappa shape index (κ2) is 24.6. The zero-order valence-electron chi connectivity index (χ0n) is 24.1. The molecule has 0 aliphatic carbocycles. The number of carbonyl (C=O) groups is 2. The van der Waals surface area contributed by atoms with Gasteiger partial charge in [-0.2, -0.15) is 0 Å². The normalized spacial score (nSPS) is 11.3. The van der Waals surface area contributed by atoms with Crippen LogP contribution in [0.4, 0.5) is 0 Å². The van der Waals surface area contributed by atoms with Gasteiger partial charge < -0.3 is 0 Å². The fourth-order valence-electron chi connectivity index (χ4n) is 4.65. The van der Waals surface area contributed by atoms with Crippen molar-refractivity contribution < 1.29 is 9.59 Å². The van der Waals surface area contributed by atoms with E-state index in [4.69, 9.17) is 23.2 Å². The van der Waals surface area contributed by atoms with Crippen molar-refractivity contribution in [3.8, 4) is 0 Å². The number of benzene rings is 1. The van der Waals surface area contributed by atoms with Gasteiger partial charge in [0.1, 0.15) is 0 Å². The van der Waals surface area contributed by atoms with Crippen LogP contribution in [0, 0.1) is 0 Å². The fourth-order valence-corrected chi connectivity index (χ4v) is 7.23. The Morgan fingerprint density at radius 1 is 0.500 bits per heavy atom. The predicted octanol–water partition coefficient (Wildman–Crippen LogP) is 12.5. The molecule has 2 nitrogen and oxygen atoms in total. The number of unbranched alkanes of at least 4 members (excludes halogenated alkanes) is 18. The van der Waals surface area contributed by atoms with Gasteiger partial charge >= 0.3 is 0 Å². The minimum absolute atomic E-state index is 0.468. The van der Waals surface area contributed by atoms with Crippen LogP contribution < -0.4 is 0 Å². The van der Waals surface area contributed by atoms with E-state index >= 15 is 0 Å². The predicted molar refractivity (Wildman–Crippen MR) is 172 cm³/mol. The van der Waals surface area contributed by atoms with E-state index in [1.807, 2.05) is 0 Å². The lowest BCUT2D eigenvalue weighted by molar-refractivity contribution is 0.106. The number of thioether (sulfide) groups is 2. The molecule has 0 aromatic heterocycles. The van der Waals surface area contributed by atoms with E-state index in [1.165, 1.54) is 116 Å². The molecule has 0 fully saturated rings. The molecule has 6 heteroatoms. The molecule has 0 saturated carbocycles. The largest absolute Gasteiger partial charge is 0.276 e. The van der Waals surface area contributed by atoms with Gasteiger partial charge in [-0.05, 0) is 59.7 Å². The molecular weight excluding hydrogens is 551 g/mol. The summed E-state index contributed by atoms with van der Waals surface area (Å²) in [6.45, 7) is 4.51. The third kappa shape index (κ3) is 17.5. The molecule has 1 aromatic carbocycles. The Morgan fingerprint density at radius 3 is 1.03 bits per heavy atom. The first-order chi connectivity index (χ1) is 18.5. The second-order valence-corrected chi connectivity index (χ2v) is 13.4. The van der Waals surface area contributed by atoms with Gasteiger partial charge in [-0.1, -0.05) is 129 Å². The Balaban J connectivity index is 2.41. The molecule has 0 spiro atoms. The molecule has 0 radical (unpaired) electrons. The number of carbonyl (C=O) groups excluding carboxylic acids is 2. The van der Waals surface area contributed by atoms with Crippen LogP contribution in [0.25, 0.3) is 0 Å². The maximum Gasteiger partial charge on any atom is 0.253 e. The maximum atomic E-state index is 12.2. The molecule has 218 valence electrons. The van der Waals surface area contributed by atoms with Crippen LogP contribution in [0.2, 0.25) is 0 Å². The van der Waals surface area contributed by atoms with Gasteiger partial charge in [0, 0.05) is 20.9 Å². The van der Waals surface area contributed by atoms with Crippen LogP contribution in [0.5, 0.6) is 0 Å². The van der Waals surface area contributed by atoms with Crippen molar-refractivity contribution in [2.45, 2.75) is 152 Å². The number of hydrogen-bond donors (Lipinski definition) is 0. The lowest BCUT2D eigenvalue weighted by atomic mass is 10.1. The van der Waals surface area contributed by atoms with Gasteiger partial charge in [-0.25, -0.2) is 0 Å². The first-order valence-corrected chi connectivity index (χ1v) is 18.1. The van der Waals surface area contributed by atoms with Crippen LogP contribution in [-0.2, 0) is 0 Å². The molecule has 0 heterocycles. The first-order valence-electron chi connectivity index (χ1n) is 15.3. The summed E-state index contributed by atoms with van der Waals surface area (Å²) >= 11 is 15.1. The maximum absolute atomic E-state index is 12.2. The number of rotatable bonds is 26. The average Bonchev–Trinajstić information content (AvgIpc) is 2.90. The lowest BCUT2D eigenvalue weighted by Gasteiger charge is -2.12. The average molecular weight is 604 g/mol. The van der Waals surface area contributed by atoms with Crippen LogP contribution >= 0.6 is 46.7 Å². The van der Waals surface area contributed by atoms with Gasteiger partial charge in [-0.15, -0.1) is 23.5 Å². The summed E-state index contributed by atoms with van der Waals surface area (Å²) in [7, 11) is 0. The molecular formula is C32H52Cl2O2S2. The lowest BCUT2D eigenvalue weighted by Crippen LogP contribution is -2.01. The highest BCUT2D eigenvalue weighted by atomic mass is 35.5. The standard InChI is InChI=1S/C32H52Cl2O2S2/c1-3-5-7-9-11-13-15-17-19-21-23-37-29-25-28(32(34)36)30(26-27(29)31(33)35)38-24-22-20-18-16-14-12-10-8-6-4-2/h25-26H,3-24H2,1-2H3. The highest BCUT2D eigenvalue weighted by Gasteiger charge is 2.18. The molecule has 0 amide bonds. The third-order valence-corrected chi connectivity index (χ3v) is 9.71. The van der Waals surface area contributed by atoms with E-state index in [9.17, 15) is 9.59 Å². The highest BCUT2D eigenvalue weighted by molar-refractivity contribution is 7.99.